The van der Waals surface area contributed by atoms with E-state index in [-0.39, 0.29) is 5.91 Å². The summed E-state index contributed by atoms with van der Waals surface area (Å²) in [5.74, 6) is 0.907. The molecule has 1 N–H and O–H groups in total. The van der Waals surface area contributed by atoms with Gasteiger partial charge in [-0.05, 0) is 29.8 Å². The molecule has 0 aliphatic heterocycles. The SMILES string of the molecule is O=C(NCc1ccccc1)c1csc(CSc2nnc(-c3ccccc3Cl)n2-c2ccccc2Cl)n1. The highest BCUT2D eigenvalue weighted by atomic mass is 35.5. The van der Waals surface area contributed by atoms with E-state index >= 15 is 0 Å². The molecule has 0 unspecified atom stereocenters. The van der Waals surface area contributed by atoms with Crippen molar-refractivity contribution in [1.29, 1.82) is 0 Å². The molecular weight excluding hydrogens is 533 g/mol. The third kappa shape index (κ3) is 5.47. The summed E-state index contributed by atoms with van der Waals surface area (Å²) in [4.78, 5) is 17.1. The lowest BCUT2D eigenvalue weighted by Gasteiger charge is -2.12. The van der Waals surface area contributed by atoms with Crippen LogP contribution in [0.25, 0.3) is 17.1 Å². The molecule has 36 heavy (non-hydrogen) atoms. The van der Waals surface area contributed by atoms with Crippen molar-refractivity contribution in [1.82, 2.24) is 25.1 Å². The van der Waals surface area contributed by atoms with Crippen LogP contribution in [-0.4, -0.2) is 25.7 Å². The summed E-state index contributed by atoms with van der Waals surface area (Å²) in [7, 11) is 0. The number of thioether (sulfide) groups is 1. The van der Waals surface area contributed by atoms with Crippen LogP contribution in [0.5, 0.6) is 0 Å². The molecule has 0 spiro atoms. The lowest BCUT2D eigenvalue weighted by atomic mass is 10.2. The third-order valence-electron chi connectivity index (χ3n) is 5.25. The Labute approximate surface area is 226 Å². The van der Waals surface area contributed by atoms with Crippen molar-refractivity contribution in [2.75, 3.05) is 0 Å². The lowest BCUT2D eigenvalue weighted by Crippen LogP contribution is -2.23. The van der Waals surface area contributed by atoms with Gasteiger partial charge >= 0.3 is 0 Å². The predicted molar refractivity (Wildman–Crippen MR) is 146 cm³/mol. The van der Waals surface area contributed by atoms with Crippen LogP contribution < -0.4 is 5.32 Å². The third-order valence-corrected chi connectivity index (χ3v) is 7.87. The summed E-state index contributed by atoms with van der Waals surface area (Å²) in [6, 6.07) is 24.8. The number of benzene rings is 3. The largest absolute Gasteiger partial charge is 0.347 e. The number of amides is 1. The maximum absolute atomic E-state index is 12.5. The average molecular weight is 553 g/mol. The van der Waals surface area contributed by atoms with Gasteiger partial charge < -0.3 is 5.32 Å². The molecule has 6 nitrogen and oxygen atoms in total. The maximum Gasteiger partial charge on any atom is 0.271 e. The molecule has 0 bridgehead atoms. The molecule has 5 rings (SSSR count). The molecule has 10 heteroatoms. The molecule has 0 saturated carbocycles. The van der Waals surface area contributed by atoms with E-state index in [1.807, 2.05) is 83.4 Å². The van der Waals surface area contributed by atoms with Crippen LogP contribution in [0.4, 0.5) is 0 Å². The Balaban J connectivity index is 1.35. The second-order valence-corrected chi connectivity index (χ2v) is 10.4. The van der Waals surface area contributed by atoms with Gasteiger partial charge in [0.05, 0.1) is 21.5 Å². The van der Waals surface area contributed by atoms with E-state index in [9.17, 15) is 4.79 Å². The van der Waals surface area contributed by atoms with E-state index in [4.69, 9.17) is 23.2 Å². The van der Waals surface area contributed by atoms with E-state index in [0.29, 0.717) is 39.0 Å². The minimum absolute atomic E-state index is 0.202. The first kappa shape index (κ1) is 24.5. The zero-order chi connectivity index (χ0) is 24.9. The predicted octanol–water partition coefficient (Wildman–Crippen LogP) is 6.92. The molecule has 2 heterocycles. The number of aromatic nitrogens is 4. The van der Waals surface area contributed by atoms with Crippen LogP contribution >= 0.6 is 46.3 Å². The molecule has 3 aromatic carbocycles. The topological polar surface area (TPSA) is 72.7 Å². The van der Waals surface area contributed by atoms with Crippen molar-refractivity contribution in [3.8, 4) is 17.1 Å². The normalized spacial score (nSPS) is 10.9. The van der Waals surface area contributed by atoms with E-state index in [2.05, 4.69) is 20.5 Å². The van der Waals surface area contributed by atoms with Crippen LogP contribution in [-0.2, 0) is 12.3 Å². The van der Waals surface area contributed by atoms with Gasteiger partial charge in [-0.2, -0.15) is 0 Å². The van der Waals surface area contributed by atoms with Crippen molar-refractivity contribution in [2.24, 2.45) is 0 Å². The van der Waals surface area contributed by atoms with Crippen LogP contribution in [0.15, 0.2) is 89.4 Å². The van der Waals surface area contributed by atoms with E-state index in [1.54, 1.807) is 5.38 Å². The Morgan fingerprint density at radius 2 is 1.64 bits per heavy atom. The fourth-order valence-corrected chi connectivity index (χ4v) is 5.68. The van der Waals surface area contributed by atoms with Crippen molar-refractivity contribution >= 4 is 52.2 Å². The zero-order valence-electron chi connectivity index (χ0n) is 18.8. The van der Waals surface area contributed by atoms with Gasteiger partial charge in [-0.1, -0.05) is 89.6 Å². The standard InChI is InChI=1S/C26H19Cl2N5OS2/c27-19-11-5-4-10-18(19)24-31-32-26(33(24)22-13-7-6-12-20(22)28)36-16-23-30-21(15-35-23)25(34)29-14-17-8-2-1-3-9-17/h1-13,15H,14,16H2,(H,29,34). The molecule has 1 amide bonds. The highest BCUT2D eigenvalue weighted by molar-refractivity contribution is 7.98. The molecule has 0 saturated heterocycles. The molecule has 5 aromatic rings. The molecule has 0 aliphatic carbocycles. The first-order valence-electron chi connectivity index (χ1n) is 10.9. The summed E-state index contributed by atoms with van der Waals surface area (Å²) in [5, 5.41) is 16.1. The summed E-state index contributed by atoms with van der Waals surface area (Å²) in [6.07, 6.45) is 0. The van der Waals surface area contributed by atoms with Gasteiger partial charge in [0.1, 0.15) is 10.7 Å². The monoisotopic (exact) mass is 551 g/mol. The Hall–Kier alpha value is -3.17. The quantitative estimate of drug-likeness (QED) is 0.212. The Morgan fingerprint density at radius 3 is 2.42 bits per heavy atom. The molecule has 0 atom stereocenters. The highest BCUT2D eigenvalue weighted by Crippen LogP contribution is 2.35. The number of nitrogens with one attached hydrogen (secondary N) is 1. The van der Waals surface area contributed by atoms with Gasteiger partial charge in [-0.25, -0.2) is 4.98 Å². The number of para-hydroxylation sites is 1. The van der Waals surface area contributed by atoms with Crippen molar-refractivity contribution in [2.45, 2.75) is 17.5 Å². The number of nitrogens with zero attached hydrogens (tertiary/aromatic N) is 4. The minimum Gasteiger partial charge on any atom is -0.347 e. The summed E-state index contributed by atoms with van der Waals surface area (Å²) in [5.41, 5.74) is 2.94. The first-order chi connectivity index (χ1) is 17.6. The fraction of sp³-hybridized carbons (Fsp3) is 0.0769. The van der Waals surface area contributed by atoms with Crippen molar-refractivity contribution < 1.29 is 4.79 Å². The summed E-state index contributed by atoms with van der Waals surface area (Å²) < 4.78 is 1.90. The highest BCUT2D eigenvalue weighted by Gasteiger charge is 2.20. The minimum atomic E-state index is -0.202. The van der Waals surface area contributed by atoms with Crippen LogP contribution in [0.1, 0.15) is 21.1 Å². The van der Waals surface area contributed by atoms with Gasteiger partial charge in [-0.3, -0.25) is 9.36 Å². The Kier molecular flexibility index (Phi) is 7.67. The molecular formula is C26H19Cl2N5OS2. The van der Waals surface area contributed by atoms with Crippen molar-refractivity contribution in [3.05, 3.63) is 111 Å². The van der Waals surface area contributed by atoms with E-state index in [1.165, 1.54) is 23.1 Å². The smallest absolute Gasteiger partial charge is 0.271 e. The molecule has 0 radical (unpaired) electrons. The number of thiazole rings is 1. The number of rotatable bonds is 8. The van der Waals surface area contributed by atoms with Crippen LogP contribution in [0.3, 0.4) is 0 Å². The average Bonchev–Trinajstić information content (AvgIpc) is 3.55. The van der Waals surface area contributed by atoms with E-state index in [0.717, 1.165) is 21.8 Å². The molecule has 0 fully saturated rings. The Morgan fingerprint density at radius 1 is 0.917 bits per heavy atom. The van der Waals surface area contributed by atoms with E-state index < -0.39 is 0 Å². The van der Waals surface area contributed by atoms with Crippen LogP contribution in [0.2, 0.25) is 10.0 Å². The second kappa shape index (κ2) is 11.3. The zero-order valence-corrected chi connectivity index (χ0v) is 21.9. The number of carbonyl (C=O) groups is 1. The summed E-state index contributed by atoms with van der Waals surface area (Å²) in [6.45, 7) is 0.451. The molecule has 2 aromatic heterocycles. The number of hydrogen-bond donors (Lipinski definition) is 1. The van der Waals surface area contributed by atoms with Crippen molar-refractivity contribution in [3.63, 3.8) is 0 Å². The van der Waals surface area contributed by atoms with Gasteiger partial charge in [0.25, 0.3) is 5.91 Å². The van der Waals surface area contributed by atoms with Gasteiger partial charge in [0.2, 0.25) is 0 Å². The maximum atomic E-state index is 12.5. The second-order valence-electron chi connectivity index (χ2n) is 7.66. The van der Waals surface area contributed by atoms with Gasteiger partial charge in [0.15, 0.2) is 11.0 Å². The number of carbonyl (C=O) groups excluding carboxylic acids is 1. The van der Waals surface area contributed by atoms with Gasteiger partial charge in [0, 0.05) is 17.5 Å². The fourth-order valence-electron chi connectivity index (χ4n) is 3.51. The number of hydrogen-bond acceptors (Lipinski definition) is 6. The Bertz CT molecular complexity index is 1500. The number of halogens is 2. The van der Waals surface area contributed by atoms with Crippen LogP contribution in [0, 0.1) is 0 Å². The first-order valence-corrected chi connectivity index (χ1v) is 13.6. The molecule has 0 aliphatic rings. The summed E-state index contributed by atoms with van der Waals surface area (Å²) >= 11 is 15.9. The van der Waals surface area contributed by atoms with Gasteiger partial charge in [-0.15, -0.1) is 21.5 Å². The molecule has 180 valence electrons. The lowest BCUT2D eigenvalue weighted by molar-refractivity contribution is 0.0946.